The van der Waals surface area contributed by atoms with Crippen molar-refractivity contribution in [3.8, 4) is 0 Å². The molecule has 0 bridgehead atoms. The molecule has 0 radical (unpaired) electrons. The van der Waals surface area contributed by atoms with Crippen LogP contribution < -0.4 is 5.32 Å². The molecule has 7 heteroatoms. The summed E-state index contributed by atoms with van der Waals surface area (Å²) >= 11 is 12.2. The van der Waals surface area contributed by atoms with E-state index in [1.807, 2.05) is 12.1 Å². The molecule has 1 N–H and O–H groups in total. The van der Waals surface area contributed by atoms with Gasteiger partial charge in [-0.05, 0) is 34.9 Å². The maximum atomic E-state index is 6.37. The van der Waals surface area contributed by atoms with Gasteiger partial charge in [0, 0.05) is 42.6 Å². The molecule has 1 aliphatic heterocycles. The number of hydrogen-bond donors (Lipinski definition) is 1. The van der Waals surface area contributed by atoms with Gasteiger partial charge in [-0.1, -0.05) is 47.5 Å². The molecule has 0 aromatic heterocycles. The van der Waals surface area contributed by atoms with Crippen molar-refractivity contribution in [2.75, 3.05) is 26.2 Å². The highest BCUT2D eigenvalue weighted by atomic mass is 35.5. The standard InChI is InChI=1S/C20H22Cl2N2O.2ClH/c21-16-9-14(10-17(22)12-16)13-25-19-11-15-3-1-2-4-18(15)20(19)24-7-5-23-6-8-24;;/h1-4,9-10,12,19-20,23H,5-8,11,13H2;2*1H. The van der Waals surface area contributed by atoms with Gasteiger partial charge in [-0.15, -0.1) is 24.8 Å². The Hall–Kier alpha value is -0.520. The number of fused-ring (bicyclic) bond motifs is 1. The molecular formula is C20H24Cl4N2O. The number of nitrogens with zero attached hydrogens (tertiary/aromatic N) is 1. The van der Waals surface area contributed by atoms with Gasteiger partial charge in [0.25, 0.3) is 0 Å². The molecule has 2 atom stereocenters. The highest BCUT2D eigenvalue weighted by Crippen LogP contribution is 2.38. The van der Waals surface area contributed by atoms with E-state index in [0.29, 0.717) is 22.7 Å². The van der Waals surface area contributed by atoms with E-state index in [0.717, 1.165) is 38.2 Å². The molecule has 0 amide bonds. The first-order valence-corrected chi connectivity index (χ1v) is 9.55. The van der Waals surface area contributed by atoms with Gasteiger partial charge in [-0.25, -0.2) is 0 Å². The van der Waals surface area contributed by atoms with E-state index in [1.165, 1.54) is 11.1 Å². The predicted molar refractivity (Wildman–Crippen MR) is 117 cm³/mol. The van der Waals surface area contributed by atoms with Gasteiger partial charge in [0.2, 0.25) is 0 Å². The van der Waals surface area contributed by atoms with Crippen molar-refractivity contribution in [2.45, 2.75) is 25.2 Å². The third-order valence-corrected chi connectivity index (χ3v) is 5.51. The molecular weight excluding hydrogens is 426 g/mol. The zero-order valence-corrected chi connectivity index (χ0v) is 18.0. The van der Waals surface area contributed by atoms with E-state index in [-0.39, 0.29) is 30.9 Å². The minimum Gasteiger partial charge on any atom is -0.371 e. The zero-order chi connectivity index (χ0) is 17.2. The van der Waals surface area contributed by atoms with Crippen LogP contribution in [0, 0.1) is 0 Å². The molecule has 1 aliphatic carbocycles. The normalized spacial score (nSPS) is 21.9. The summed E-state index contributed by atoms with van der Waals surface area (Å²) in [6.45, 7) is 4.72. The van der Waals surface area contributed by atoms with Gasteiger partial charge in [0.1, 0.15) is 0 Å². The lowest BCUT2D eigenvalue weighted by molar-refractivity contribution is -0.0188. The molecule has 1 fully saturated rings. The van der Waals surface area contributed by atoms with Crippen LogP contribution in [0.3, 0.4) is 0 Å². The topological polar surface area (TPSA) is 24.5 Å². The van der Waals surface area contributed by atoms with E-state index in [9.17, 15) is 0 Å². The lowest BCUT2D eigenvalue weighted by atomic mass is 10.1. The van der Waals surface area contributed by atoms with E-state index in [1.54, 1.807) is 6.07 Å². The Balaban J connectivity index is 0.00000131. The lowest BCUT2D eigenvalue weighted by Gasteiger charge is -2.36. The van der Waals surface area contributed by atoms with Gasteiger partial charge in [0.15, 0.2) is 0 Å². The van der Waals surface area contributed by atoms with Gasteiger partial charge in [-0.2, -0.15) is 0 Å². The Labute approximate surface area is 183 Å². The first-order valence-electron chi connectivity index (χ1n) is 8.80. The Morgan fingerprint density at radius 1 is 1.00 bits per heavy atom. The van der Waals surface area contributed by atoms with Gasteiger partial charge >= 0.3 is 0 Å². The molecule has 1 saturated heterocycles. The average molecular weight is 450 g/mol. The highest BCUT2D eigenvalue weighted by Gasteiger charge is 2.37. The maximum Gasteiger partial charge on any atom is 0.0816 e. The molecule has 148 valence electrons. The fourth-order valence-corrected chi connectivity index (χ4v) is 4.55. The molecule has 4 rings (SSSR count). The number of piperazine rings is 1. The van der Waals surface area contributed by atoms with Crippen LogP contribution in [0.5, 0.6) is 0 Å². The summed E-state index contributed by atoms with van der Waals surface area (Å²) in [5.41, 5.74) is 3.84. The van der Waals surface area contributed by atoms with Crippen molar-refractivity contribution in [2.24, 2.45) is 0 Å². The van der Waals surface area contributed by atoms with Gasteiger partial charge in [-0.3, -0.25) is 4.90 Å². The van der Waals surface area contributed by atoms with Crippen molar-refractivity contribution in [3.05, 3.63) is 69.2 Å². The van der Waals surface area contributed by atoms with Crippen LogP contribution in [0.1, 0.15) is 22.7 Å². The van der Waals surface area contributed by atoms with Gasteiger partial charge < -0.3 is 10.1 Å². The molecule has 2 aromatic rings. The zero-order valence-electron chi connectivity index (χ0n) is 14.9. The highest BCUT2D eigenvalue weighted by molar-refractivity contribution is 6.34. The van der Waals surface area contributed by atoms with Crippen LogP contribution in [-0.4, -0.2) is 37.2 Å². The van der Waals surface area contributed by atoms with E-state index >= 15 is 0 Å². The van der Waals surface area contributed by atoms with Crippen molar-refractivity contribution in [3.63, 3.8) is 0 Å². The summed E-state index contributed by atoms with van der Waals surface area (Å²) in [6.07, 6.45) is 1.12. The van der Waals surface area contributed by atoms with E-state index in [4.69, 9.17) is 27.9 Å². The van der Waals surface area contributed by atoms with Crippen molar-refractivity contribution in [1.29, 1.82) is 0 Å². The maximum absolute atomic E-state index is 6.37. The smallest absolute Gasteiger partial charge is 0.0816 e. The minimum atomic E-state index is 0. The van der Waals surface area contributed by atoms with Crippen molar-refractivity contribution < 1.29 is 4.74 Å². The van der Waals surface area contributed by atoms with Crippen LogP contribution >= 0.6 is 48.0 Å². The van der Waals surface area contributed by atoms with Crippen LogP contribution in [0.15, 0.2) is 42.5 Å². The van der Waals surface area contributed by atoms with Crippen LogP contribution in [0.4, 0.5) is 0 Å². The molecule has 2 unspecified atom stereocenters. The Morgan fingerprint density at radius 3 is 2.37 bits per heavy atom. The summed E-state index contributed by atoms with van der Waals surface area (Å²) in [4.78, 5) is 2.55. The predicted octanol–water partition coefficient (Wildman–Crippen LogP) is 4.92. The second-order valence-corrected chi connectivity index (χ2v) is 7.63. The molecule has 2 aliphatic rings. The largest absolute Gasteiger partial charge is 0.371 e. The Kier molecular flexibility index (Phi) is 8.70. The molecule has 1 heterocycles. The average Bonchev–Trinajstić information content (AvgIpc) is 2.98. The van der Waals surface area contributed by atoms with Crippen LogP contribution in [0.25, 0.3) is 0 Å². The quantitative estimate of drug-likeness (QED) is 0.716. The SMILES string of the molecule is Cl.Cl.Clc1cc(Cl)cc(COC2Cc3ccccc3C2N2CCNCC2)c1. The van der Waals surface area contributed by atoms with Crippen molar-refractivity contribution in [1.82, 2.24) is 10.2 Å². The molecule has 0 saturated carbocycles. The number of ether oxygens (including phenoxy) is 1. The van der Waals surface area contributed by atoms with E-state index < -0.39 is 0 Å². The molecule has 3 nitrogen and oxygen atoms in total. The summed E-state index contributed by atoms with van der Waals surface area (Å²) in [5.74, 6) is 0. The Bertz CT molecular complexity index is 732. The third kappa shape index (κ3) is 5.30. The third-order valence-electron chi connectivity index (χ3n) is 5.08. The second kappa shape index (κ2) is 10.3. The summed E-state index contributed by atoms with van der Waals surface area (Å²) in [6, 6.07) is 14.7. The number of nitrogens with one attached hydrogen (secondary N) is 1. The van der Waals surface area contributed by atoms with E-state index in [2.05, 4.69) is 34.5 Å². The first-order chi connectivity index (χ1) is 12.2. The monoisotopic (exact) mass is 448 g/mol. The fourth-order valence-electron chi connectivity index (χ4n) is 3.98. The Morgan fingerprint density at radius 2 is 1.67 bits per heavy atom. The van der Waals surface area contributed by atoms with Crippen molar-refractivity contribution >= 4 is 48.0 Å². The first kappa shape index (κ1) is 22.8. The molecule has 2 aromatic carbocycles. The number of hydrogen-bond acceptors (Lipinski definition) is 3. The van der Waals surface area contributed by atoms with Crippen LogP contribution in [0.2, 0.25) is 10.0 Å². The number of rotatable bonds is 4. The second-order valence-electron chi connectivity index (χ2n) is 6.76. The fraction of sp³-hybridized carbons (Fsp3) is 0.400. The molecule has 0 spiro atoms. The van der Waals surface area contributed by atoms with Gasteiger partial charge in [0.05, 0.1) is 18.8 Å². The number of benzene rings is 2. The molecule has 27 heavy (non-hydrogen) atoms. The minimum absolute atomic E-state index is 0. The summed E-state index contributed by atoms with van der Waals surface area (Å²) in [5, 5.41) is 4.74. The summed E-state index contributed by atoms with van der Waals surface area (Å²) < 4.78 is 6.37. The lowest BCUT2D eigenvalue weighted by Crippen LogP contribution is -2.47. The number of halogens is 4. The summed E-state index contributed by atoms with van der Waals surface area (Å²) in [7, 11) is 0. The van der Waals surface area contributed by atoms with Crippen LogP contribution in [-0.2, 0) is 17.8 Å².